The Balaban J connectivity index is 2.39. The Morgan fingerprint density at radius 2 is 2.15 bits per heavy atom. The SMILES string of the molecule is CCNC(c1cnc(C(F)(F)F)s1)c1ncccc1Cl. The van der Waals surface area contributed by atoms with Crippen LogP contribution in [0.5, 0.6) is 0 Å². The maximum absolute atomic E-state index is 12.6. The molecule has 0 aliphatic rings. The van der Waals surface area contributed by atoms with Gasteiger partial charge in [0.1, 0.15) is 0 Å². The second-order valence-corrected chi connectivity index (χ2v) is 5.40. The molecule has 0 spiro atoms. The molecule has 1 unspecified atom stereocenters. The summed E-state index contributed by atoms with van der Waals surface area (Å²) in [6, 6.07) is 2.82. The normalized spacial score (nSPS) is 13.4. The molecular weight excluding hydrogens is 311 g/mol. The molecule has 2 rings (SSSR count). The van der Waals surface area contributed by atoms with E-state index >= 15 is 0 Å². The van der Waals surface area contributed by atoms with Gasteiger partial charge >= 0.3 is 6.18 Å². The third-order valence-corrected chi connectivity index (χ3v) is 3.95. The maximum Gasteiger partial charge on any atom is 0.443 e. The molecule has 1 N–H and O–H groups in total. The molecule has 0 fully saturated rings. The van der Waals surface area contributed by atoms with Crippen molar-refractivity contribution in [2.75, 3.05) is 6.54 Å². The zero-order valence-electron chi connectivity index (χ0n) is 10.4. The van der Waals surface area contributed by atoms with Crippen molar-refractivity contribution in [1.29, 1.82) is 0 Å². The summed E-state index contributed by atoms with van der Waals surface area (Å²) >= 11 is 6.65. The molecule has 8 heteroatoms. The molecule has 108 valence electrons. The van der Waals surface area contributed by atoms with Gasteiger partial charge in [0.05, 0.1) is 16.8 Å². The van der Waals surface area contributed by atoms with E-state index in [0.29, 0.717) is 33.5 Å². The van der Waals surface area contributed by atoms with Gasteiger partial charge in [-0.2, -0.15) is 13.2 Å². The predicted molar refractivity (Wildman–Crippen MR) is 71.9 cm³/mol. The molecule has 20 heavy (non-hydrogen) atoms. The van der Waals surface area contributed by atoms with Crippen molar-refractivity contribution >= 4 is 22.9 Å². The van der Waals surface area contributed by atoms with Crippen molar-refractivity contribution < 1.29 is 13.2 Å². The standard InChI is InChI=1S/C12H11ClF3N3S/c1-2-17-10(9-7(13)4-3-5-18-9)8-6-19-11(20-8)12(14,15)16/h3-6,10,17H,2H2,1H3. The van der Waals surface area contributed by atoms with Crippen molar-refractivity contribution in [2.24, 2.45) is 0 Å². The van der Waals surface area contributed by atoms with Crippen LogP contribution in [0.2, 0.25) is 5.02 Å². The number of nitrogens with one attached hydrogen (secondary N) is 1. The van der Waals surface area contributed by atoms with Crippen molar-refractivity contribution in [2.45, 2.75) is 19.1 Å². The van der Waals surface area contributed by atoms with E-state index in [0.717, 1.165) is 0 Å². The van der Waals surface area contributed by atoms with Gasteiger partial charge in [-0.05, 0) is 18.7 Å². The van der Waals surface area contributed by atoms with Crippen LogP contribution in [0.1, 0.15) is 28.5 Å². The summed E-state index contributed by atoms with van der Waals surface area (Å²) in [5.41, 5.74) is 0.494. The number of rotatable bonds is 4. The number of thiazole rings is 1. The van der Waals surface area contributed by atoms with Gasteiger partial charge in [-0.25, -0.2) is 4.98 Å². The molecule has 0 amide bonds. The van der Waals surface area contributed by atoms with E-state index in [1.54, 1.807) is 18.3 Å². The molecule has 0 saturated heterocycles. The number of aromatic nitrogens is 2. The largest absolute Gasteiger partial charge is 0.443 e. The van der Waals surface area contributed by atoms with Crippen LogP contribution in [-0.2, 0) is 6.18 Å². The summed E-state index contributed by atoms with van der Waals surface area (Å²) in [7, 11) is 0. The van der Waals surface area contributed by atoms with Gasteiger partial charge in [0, 0.05) is 17.3 Å². The fourth-order valence-electron chi connectivity index (χ4n) is 1.70. The molecule has 0 aromatic carbocycles. The number of halogens is 4. The third kappa shape index (κ3) is 3.28. The van der Waals surface area contributed by atoms with Crippen LogP contribution in [0, 0.1) is 0 Å². The lowest BCUT2D eigenvalue weighted by Gasteiger charge is -2.16. The van der Waals surface area contributed by atoms with Crippen LogP contribution < -0.4 is 5.32 Å². The molecule has 0 aliphatic heterocycles. The van der Waals surface area contributed by atoms with Gasteiger partial charge in [-0.15, -0.1) is 11.3 Å². The lowest BCUT2D eigenvalue weighted by molar-refractivity contribution is -0.137. The number of pyridine rings is 1. The predicted octanol–water partition coefficient (Wildman–Crippen LogP) is 3.91. The molecular formula is C12H11ClF3N3S. The highest BCUT2D eigenvalue weighted by atomic mass is 35.5. The van der Waals surface area contributed by atoms with Gasteiger partial charge in [0.15, 0.2) is 5.01 Å². The minimum absolute atomic E-state index is 0.403. The van der Waals surface area contributed by atoms with Gasteiger partial charge in [0.25, 0.3) is 0 Å². The highest BCUT2D eigenvalue weighted by Crippen LogP contribution is 2.36. The number of nitrogens with zero attached hydrogens (tertiary/aromatic N) is 2. The van der Waals surface area contributed by atoms with E-state index in [4.69, 9.17) is 11.6 Å². The van der Waals surface area contributed by atoms with Crippen molar-refractivity contribution in [3.8, 4) is 0 Å². The van der Waals surface area contributed by atoms with Crippen LogP contribution in [0.4, 0.5) is 13.2 Å². The zero-order valence-corrected chi connectivity index (χ0v) is 12.0. The first-order valence-electron chi connectivity index (χ1n) is 5.80. The van der Waals surface area contributed by atoms with E-state index in [9.17, 15) is 13.2 Å². The summed E-state index contributed by atoms with van der Waals surface area (Å²) in [5, 5.41) is 2.61. The molecule has 0 bridgehead atoms. The van der Waals surface area contributed by atoms with E-state index in [-0.39, 0.29) is 0 Å². The van der Waals surface area contributed by atoms with Crippen LogP contribution in [0.3, 0.4) is 0 Å². The van der Waals surface area contributed by atoms with Crippen LogP contribution in [-0.4, -0.2) is 16.5 Å². The molecule has 2 heterocycles. The Kier molecular flexibility index (Phi) is 4.62. The highest BCUT2D eigenvalue weighted by molar-refractivity contribution is 7.11. The van der Waals surface area contributed by atoms with E-state index in [1.165, 1.54) is 6.20 Å². The third-order valence-electron chi connectivity index (χ3n) is 2.52. The van der Waals surface area contributed by atoms with Gasteiger partial charge in [-0.3, -0.25) is 4.98 Å². The van der Waals surface area contributed by atoms with Crippen molar-refractivity contribution in [1.82, 2.24) is 15.3 Å². The maximum atomic E-state index is 12.6. The topological polar surface area (TPSA) is 37.8 Å². The first-order valence-corrected chi connectivity index (χ1v) is 6.99. The van der Waals surface area contributed by atoms with Crippen LogP contribution >= 0.6 is 22.9 Å². The lowest BCUT2D eigenvalue weighted by Crippen LogP contribution is -2.22. The summed E-state index contributed by atoms with van der Waals surface area (Å²) in [6.07, 6.45) is -1.67. The van der Waals surface area contributed by atoms with Crippen molar-refractivity contribution in [3.05, 3.63) is 45.1 Å². The summed E-state index contributed by atoms with van der Waals surface area (Å²) < 4.78 is 37.9. The van der Waals surface area contributed by atoms with Gasteiger partial charge in [-0.1, -0.05) is 18.5 Å². The Bertz CT molecular complexity index is 585. The minimum atomic E-state index is -4.44. The molecule has 0 aliphatic carbocycles. The zero-order chi connectivity index (χ0) is 14.8. The monoisotopic (exact) mass is 321 g/mol. The minimum Gasteiger partial charge on any atom is -0.304 e. The van der Waals surface area contributed by atoms with Crippen molar-refractivity contribution in [3.63, 3.8) is 0 Å². The Hall–Kier alpha value is -1.18. The smallest absolute Gasteiger partial charge is 0.304 e. The summed E-state index contributed by atoms with van der Waals surface area (Å²) in [6.45, 7) is 2.42. The first kappa shape index (κ1) is 15.2. The fourth-order valence-corrected chi connectivity index (χ4v) is 2.79. The molecule has 0 radical (unpaired) electrons. The summed E-state index contributed by atoms with van der Waals surface area (Å²) in [5.74, 6) is 0. The highest BCUT2D eigenvalue weighted by Gasteiger charge is 2.35. The Morgan fingerprint density at radius 1 is 1.40 bits per heavy atom. The Morgan fingerprint density at radius 3 is 2.70 bits per heavy atom. The van der Waals surface area contributed by atoms with E-state index in [1.807, 2.05) is 6.92 Å². The van der Waals surface area contributed by atoms with Gasteiger partial charge in [0.2, 0.25) is 0 Å². The molecule has 3 nitrogen and oxygen atoms in total. The number of alkyl halides is 3. The second kappa shape index (κ2) is 6.07. The molecule has 0 saturated carbocycles. The first-order chi connectivity index (χ1) is 9.43. The average molecular weight is 322 g/mol. The quantitative estimate of drug-likeness (QED) is 0.927. The lowest BCUT2D eigenvalue weighted by atomic mass is 10.1. The molecule has 1 atom stereocenters. The number of hydrogen-bond donors (Lipinski definition) is 1. The van der Waals surface area contributed by atoms with E-state index in [2.05, 4.69) is 15.3 Å². The Labute approximate surface area is 122 Å². The average Bonchev–Trinajstić information content (AvgIpc) is 2.86. The number of hydrogen-bond acceptors (Lipinski definition) is 4. The van der Waals surface area contributed by atoms with Crippen LogP contribution in [0.15, 0.2) is 24.5 Å². The molecule has 2 aromatic rings. The van der Waals surface area contributed by atoms with Gasteiger partial charge < -0.3 is 5.32 Å². The fraction of sp³-hybridized carbons (Fsp3) is 0.333. The van der Waals surface area contributed by atoms with E-state index < -0.39 is 17.2 Å². The van der Waals surface area contributed by atoms with Crippen LogP contribution in [0.25, 0.3) is 0 Å². The molecule has 2 aromatic heterocycles. The second-order valence-electron chi connectivity index (χ2n) is 3.93. The summed E-state index contributed by atoms with van der Waals surface area (Å²) in [4.78, 5) is 8.01.